The molecule has 2 aromatic rings. The Morgan fingerprint density at radius 2 is 2.10 bits per heavy atom. The second-order valence-electron chi connectivity index (χ2n) is 3.95. The maximum Gasteiger partial charge on any atom is 0.339 e. The van der Waals surface area contributed by atoms with Gasteiger partial charge in [0.1, 0.15) is 11.3 Å². The van der Waals surface area contributed by atoms with Crippen LogP contribution in [0.15, 0.2) is 27.8 Å². The highest BCUT2D eigenvalue weighted by Gasteiger charge is 2.24. The Hall–Kier alpha value is -2.14. The fourth-order valence-corrected chi connectivity index (χ4v) is 3.73. The zero-order chi connectivity index (χ0) is 15.8. The summed E-state index contributed by atoms with van der Waals surface area (Å²) in [6, 6.07) is 3.32. The van der Waals surface area contributed by atoms with Gasteiger partial charge in [-0.25, -0.2) is 9.48 Å². The number of hydrogen-bond acceptors (Lipinski definition) is 6. The zero-order valence-corrected chi connectivity index (χ0v) is 12.9. The van der Waals surface area contributed by atoms with E-state index in [9.17, 15) is 18.3 Å². The lowest BCUT2D eigenvalue weighted by Gasteiger charge is -2.09. The van der Waals surface area contributed by atoms with E-state index in [4.69, 9.17) is 5.11 Å². The molecule has 0 aliphatic rings. The molecule has 0 unspecified atom stereocenters. The highest BCUT2D eigenvalue weighted by atomic mass is 79.9. The number of halogens is 1. The molecule has 1 heterocycles. The summed E-state index contributed by atoms with van der Waals surface area (Å²) in [5, 5.41) is 25.2. The normalized spacial score (nSPS) is 11.3. The number of nitrogens with one attached hydrogen (secondary N) is 1. The van der Waals surface area contributed by atoms with Gasteiger partial charge in [-0.1, -0.05) is 5.21 Å². The Labute approximate surface area is 127 Å². The molecule has 1 aromatic heterocycles. The molecule has 3 N–H and O–H groups in total. The van der Waals surface area contributed by atoms with Crippen LogP contribution in [0, 0.1) is 0 Å². The molecule has 0 saturated carbocycles. The van der Waals surface area contributed by atoms with Crippen LogP contribution >= 0.6 is 15.9 Å². The zero-order valence-electron chi connectivity index (χ0n) is 10.5. The number of aromatic hydroxyl groups is 1. The lowest BCUT2D eigenvalue weighted by molar-refractivity contribution is 0.0694. The second kappa shape index (κ2) is 5.33. The number of nitrogens with zero attached hydrogens (tertiary/aromatic N) is 3. The predicted molar refractivity (Wildman–Crippen MR) is 74.6 cm³/mol. The third-order valence-electron chi connectivity index (χ3n) is 2.47. The van der Waals surface area contributed by atoms with Gasteiger partial charge in [0.15, 0.2) is 4.60 Å². The first-order chi connectivity index (χ1) is 9.72. The number of sulfonamides is 1. The molecule has 0 bridgehead atoms. The molecule has 9 nitrogen and oxygen atoms in total. The summed E-state index contributed by atoms with van der Waals surface area (Å²) in [6.45, 7) is 0. The number of carboxylic acid groups (broad SMARTS) is 1. The summed E-state index contributed by atoms with van der Waals surface area (Å²) in [4.78, 5) is 10.9. The molecule has 0 saturated heterocycles. The lowest BCUT2D eigenvalue weighted by Crippen LogP contribution is -2.17. The lowest BCUT2D eigenvalue weighted by atomic mass is 10.2. The molecule has 0 amide bonds. The van der Waals surface area contributed by atoms with Crippen LogP contribution in [0.1, 0.15) is 10.4 Å². The average Bonchev–Trinajstić information content (AvgIpc) is 2.71. The molecule has 11 heteroatoms. The molecule has 0 radical (unpaired) electrons. The molecular weight excluding hydrogens is 368 g/mol. The molecule has 0 fully saturated rings. The summed E-state index contributed by atoms with van der Waals surface area (Å²) in [6.07, 6.45) is 0. The highest BCUT2D eigenvalue weighted by molar-refractivity contribution is 9.10. The van der Waals surface area contributed by atoms with Gasteiger partial charge in [0.25, 0.3) is 10.0 Å². The van der Waals surface area contributed by atoms with Gasteiger partial charge < -0.3 is 10.2 Å². The Morgan fingerprint density at radius 3 is 2.62 bits per heavy atom. The van der Waals surface area contributed by atoms with E-state index in [2.05, 4.69) is 31.0 Å². The fourth-order valence-electron chi connectivity index (χ4n) is 1.58. The maximum atomic E-state index is 12.2. The van der Waals surface area contributed by atoms with E-state index in [-0.39, 0.29) is 15.3 Å². The highest BCUT2D eigenvalue weighted by Crippen LogP contribution is 2.25. The van der Waals surface area contributed by atoms with Crippen molar-refractivity contribution in [2.24, 2.45) is 7.05 Å². The van der Waals surface area contributed by atoms with Crippen molar-refractivity contribution >= 4 is 37.6 Å². The van der Waals surface area contributed by atoms with Gasteiger partial charge in [0.2, 0.25) is 5.03 Å². The third-order valence-corrected chi connectivity index (χ3v) is 4.74. The van der Waals surface area contributed by atoms with Gasteiger partial charge in [-0.3, -0.25) is 4.72 Å². The summed E-state index contributed by atoms with van der Waals surface area (Å²) >= 11 is 2.97. The Kier molecular flexibility index (Phi) is 3.87. The van der Waals surface area contributed by atoms with Crippen molar-refractivity contribution in [1.82, 2.24) is 15.0 Å². The van der Waals surface area contributed by atoms with Crippen molar-refractivity contribution in [3.63, 3.8) is 0 Å². The first kappa shape index (κ1) is 15.3. The molecule has 0 aliphatic heterocycles. The van der Waals surface area contributed by atoms with Crippen LogP contribution < -0.4 is 4.72 Å². The van der Waals surface area contributed by atoms with Gasteiger partial charge >= 0.3 is 5.97 Å². The average molecular weight is 377 g/mol. The van der Waals surface area contributed by atoms with E-state index in [1.54, 1.807) is 0 Å². The minimum atomic E-state index is -4.02. The first-order valence-corrected chi connectivity index (χ1v) is 7.64. The fraction of sp³-hybridized carbons (Fsp3) is 0.100. The largest absolute Gasteiger partial charge is 0.507 e. The van der Waals surface area contributed by atoms with E-state index in [0.717, 1.165) is 16.8 Å². The standard InChI is InChI=1S/C10H9BrN4O5S/c1-15-9(8(11)12-14-15)21(19,20)13-5-2-3-7(16)6(4-5)10(17)18/h2-4,13,16H,1H3,(H,17,18). The maximum absolute atomic E-state index is 12.2. The monoisotopic (exact) mass is 376 g/mol. The number of aromatic nitrogens is 3. The Morgan fingerprint density at radius 1 is 1.43 bits per heavy atom. The SMILES string of the molecule is Cn1nnc(Br)c1S(=O)(=O)Nc1ccc(O)c(C(=O)O)c1. The van der Waals surface area contributed by atoms with Crippen molar-refractivity contribution in [1.29, 1.82) is 0 Å². The van der Waals surface area contributed by atoms with Crippen molar-refractivity contribution in [3.05, 3.63) is 28.4 Å². The Bertz CT molecular complexity index is 797. The number of aryl methyl sites for hydroxylation is 1. The van der Waals surface area contributed by atoms with E-state index < -0.39 is 27.3 Å². The van der Waals surface area contributed by atoms with Gasteiger partial charge in [-0.15, -0.1) is 5.10 Å². The van der Waals surface area contributed by atoms with Gasteiger partial charge in [0, 0.05) is 12.7 Å². The molecule has 1 aromatic carbocycles. The first-order valence-electron chi connectivity index (χ1n) is 5.36. The summed E-state index contributed by atoms with van der Waals surface area (Å²) in [7, 11) is -2.63. The van der Waals surface area contributed by atoms with E-state index in [1.165, 1.54) is 13.1 Å². The smallest absolute Gasteiger partial charge is 0.339 e. The number of benzene rings is 1. The molecular formula is C10H9BrN4O5S. The van der Waals surface area contributed by atoms with Gasteiger partial charge in [0.05, 0.1) is 0 Å². The number of phenols is 1. The van der Waals surface area contributed by atoms with Crippen molar-refractivity contribution < 1.29 is 23.4 Å². The van der Waals surface area contributed by atoms with Crippen LogP contribution in [0.25, 0.3) is 0 Å². The molecule has 0 spiro atoms. The van der Waals surface area contributed by atoms with Crippen molar-refractivity contribution in [2.75, 3.05) is 4.72 Å². The van der Waals surface area contributed by atoms with E-state index in [0.29, 0.717) is 0 Å². The Balaban J connectivity index is 2.42. The van der Waals surface area contributed by atoms with E-state index >= 15 is 0 Å². The topological polar surface area (TPSA) is 134 Å². The van der Waals surface area contributed by atoms with Crippen LogP contribution in [-0.2, 0) is 17.1 Å². The molecule has 0 atom stereocenters. The minimum absolute atomic E-state index is 0.0155. The number of carbonyl (C=O) groups is 1. The van der Waals surface area contributed by atoms with Crippen molar-refractivity contribution in [2.45, 2.75) is 5.03 Å². The van der Waals surface area contributed by atoms with Crippen molar-refractivity contribution in [3.8, 4) is 5.75 Å². The third kappa shape index (κ3) is 2.97. The van der Waals surface area contributed by atoms with Crippen LogP contribution in [0.4, 0.5) is 5.69 Å². The quantitative estimate of drug-likeness (QED) is 0.671. The van der Waals surface area contributed by atoms with Crippen LogP contribution in [0.2, 0.25) is 0 Å². The summed E-state index contributed by atoms with van der Waals surface area (Å²) in [5.41, 5.74) is -0.435. The summed E-state index contributed by atoms with van der Waals surface area (Å²) < 4.78 is 27.7. The van der Waals surface area contributed by atoms with Gasteiger partial charge in [-0.2, -0.15) is 8.42 Å². The number of rotatable bonds is 4. The molecule has 2 rings (SSSR count). The van der Waals surface area contributed by atoms with E-state index in [1.807, 2.05) is 0 Å². The van der Waals surface area contributed by atoms with Gasteiger partial charge in [-0.05, 0) is 34.1 Å². The van der Waals surface area contributed by atoms with Crippen LogP contribution in [0.5, 0.6) is 5.75 Å². The number of carboxylic acids is 1. The number of hydrogen-bond donors (Lipinski definition) is 3. The second-order valence-corrected chi connectivity index (χ2v) is 6.30. The molecule has 112 valence electrons. The minimum Gasteiger partial charge on any atom is -0.507 e. The number of aromatic carboxylic acids is 1. The predicted octanol–water partition coefficient (Wildman–Crippen LogP) is 0.782. The summed E-state index contributed by atoms with van der Waals surface area (Å²) in [5.74, 6) is -1.84. The molecule has 21 heavy (non-hydrogen) atoms. The molecule has 0 aliphatic carbocycles. The van der Waals surface area contributed by atoms with Crippen LogP contribution in [-0.4, -0.2) is 39.6 Å². The van der Waals surface area contributed by atoms with Crippen LogP contribution in [0.3, 0.4) is 0 Å². The number of anilines is 1.